The van der Waals surface area contributed by atoms with Gasteiger partial charge in [-0.3, -0.25) is 4.79 Å². The molecule has 0 spiro atoms. The Morgan fingerprint density at radius 2 is 2.20 bits per heavy atom. The number of ether oxygens (including phenoxy) is 1. The minimum absolute atomic E-state index is 0.00938. The van der Waals surface area contributed by atoms with E-state index in [1.165, 1.54) is 18.2 Å². The standard InChI is InChI=1S/C11H12ClFO2/c1-7(2)15-6-11(14)8-3-4-10(13)9(12)5-8/h3-5,7H,6H2,1-2H3. The first kappa shape index (κ1) is 12.1. The lowest BCUT2D eigenvalue weighted by molar-refractivity contribution is 0.0585. The molecule has 2 nitrogen and oxygen atoms in total. The van der Waals surface area contributed by atoms with E-state index in [9.17, 15) is 9.18 Å². The summed E-state index contributed by atoms with van der Waals surface area (Å²) in [5, 5.41) is -0.0506. The highest BCUT2D eigenvalue weighted by molar-refractivity contribution is 6.31. The number of halogens is 2. The van der Waals surface area contributed by atoms with Crippen LogP contribution in [0.3, 0.4) is 0 Å². The number of carbonyl (C=O) groups excluding carboxylic acids is 1. The van der Waals surface area contributed by atoms with Crippen LogP contribution in [0, 0.1) is 5.82 Å². The molecule has 0 amide bonds. The molecule has 0 aromatic heterocycles. The molecule has 1 aromatic rings. The van der Waals surface area contributed by atoms with Crippen molar-refractivity contribution in [1.82, 2.24) is 0 Å². The Morgan fingerprint density at radius 1 is 1.53 bits per heavy atom. The number of carbonyl (C=O) groups is 1. The Balaban J connectivity index is 2.70. The van der Waals surface area contributed by atoms with Crippen LogP contribution < -0.4 is 0 Å². The molecule has 4 heteroatoms. The van der Waals surface area contributed by atoms with Gasteiger partial charge in [-0.1, -0.05) is 11.6 Å². The fourth-order valence-electron chi connectivity index (χ4n) is 0.995. The second-order valence-electron chi connectivity index (χ2n) is 3.41. The van der Waals surface area contributed by atoms with Crippen LogP contribution in [0.25, 0.3) is 0 Å². The maximum absolute atomic E-state index is 12.8. The van der Waals surface area contributed by atoms with Crippen molar-refractivity contribution in [2.75, 3.05) is 6.61 Å². The first-order valence-electron chi connectivity index (χ1n) is 4.60. The highest BCUT2D eigenvalue weighted by Crippen LogP contribution is 2.16. The van der Waals surface area contributed by atoms with Crippen molar-refractivity contribution >= 4 is 17.4 Å². The lowest BCUT2D eigenvalue weighted by Gasteiger charge is -2.06. The zero-order chi connectivity index (χ0) is 11.4. The lowest BCUT2D eigenvalue weighted by atomic mass is 10.1. The van der Waals surface area contributed by atoms with E-state index in [1.54, 1.807) is 0 Å². The Morgan fingerprint density at radius 3 is 2.73 bits per heavy atom. The molecule has 0 atom stereocenters. The molecule has 0 aliphatic rings. The van der Waals surface area contributed by atoms with Gasteiger partial charge in [-0.05, 0) is 32.0 Å². The second kappa shape index (κ2) is 5.24. The van der Waals surface area contributed by atoms with Gasteiger partial charge in [0.05, 0.1) is 11.1 Å². The third kappa shape index (κ3) is 3.61. The number of ketones is 1. The number of hydrogen-bond donors (Lipinski definition) is 0. The van der Waals surface area contributed by atoms with Gasteiger partial charge in [0.25, 0.3) is 0 Å². The number of hydrogen-bond acceptors (Lipinski definition) is 2. The van der Waals surface area contributed by atoms with E-state index in [0.29, 0.717) is 5.56 Å². The van der Waals surface area contributed by atoms with E-state index < -0.39 is 5.82 Å². The summed E-state index contributed by atoms with van der Waals surface area (Å²) in [4.78, 5) is 11.5. The Hall–Kier alpha value is -0.930. The maximum Gasteiger partial charge on any atom is 0.188 e. The highest BCUT2D eigenvalue weighted by Gasteiger charge is 2.09. The molecular formula is C11H12ClFO2. The molecule has 0 heterocycles. The van der Waals surface area contributed by atoms with Crippen LogP contribution in [0.5, 0.6) is 0 Å². The topological polar surface area (TPSA) is 26.3 Å². The first-order chi connectivity index (χ1) is 7.00. The van der Waals surface area contributed by atoms with E-state index in [2.05, 4.69) is 0 Å². The molecule has 0 fully saturated rings. The average Bonchev–Trinajstić information content (AvgIpc) is 2.18. The molecule has 1 rings (SSSR count). The Labute approximate surface area is 93.0 Å². The highest BCUT2D eigenvalue weighted by atomic mass is 35.5. The van der Waals surface area contributed by atoms with Crippen LogP contribution in [0.2, 0.25) is 5.02 Å². The third-order valence-corrected chi connectivity index (χ3v) is 2.08. The van der Waals surface area contributed by atoms with Crippen molar-refractivity contribution in [2.45, 2.75) is 20.0 Å². The van der Waals surface area contributed by atoms with E-state index in [-0.39, 0.29) is 23.5 Å². The van der Waals surface area contributed by atoms with E-state index in [0.717, 1.165) is 0 Å². The van der Waals surface area contributed by atoms with Gasteiger partial charge in [-0.15, -0.1) is 0 Å². The fraction of sp³-hybridized carbons (Fsp3) is 0.364. The van der Waals surface area contributed by atoms with Crippen molar-refractivity contribution in [2.24, 2.45) is 0 Å². The molecule has 0 saturated carbocycles. The van der Waals surface area contributed by atoms with E-state index in [1.807, 2.05) is 13.8 Å². The van der Waals surface area contributed by atoms with Gasteiger partial charge < -0.3 is 4.74 Å². The quantitative estimate of drug-likeness (QED) is 0.743. The Bertz CT molecular complexity index is 364. The summed E-state index contributed by atoms with van der Waals surface area (Å²) in [6.07, 6.45) is -0.00938. The maximum atomic E-state index is 12.8. The van der Waals surface area contributed by atoms with Gasteiger partial charge in [0.1, 0.15) is 12.4 Å². The predicted octanol–water partition coefficient (Wildman–Crippen LogP) is 3.09. The van der Waals surface area contributed by atoms with E-state index in [4.69, 9.17) is 16.3 Å². The molecule has 0 saturated heterocycles. The molecule has 82 valence electrons. The zero-order valence-electron chi connectivity index (χ0n) is 8.59. The average molecular weight is 231 g/mol. The second-order valence-corrected chi connectivity index (χ2v) is 3.82. The van der Waals surface area contributed by atoms with Gasteiger partial charge in [0.15, 0.2) is 5.78 Å². The summed E-state index contributed by atoms with van der Waals surface area (Å²) in [5.41, 5.74) is 0.363. The minimum atomic E-state index is -0.530. The van der Waals surface area contributed by atoms with Crippen molar-refractivity contribution in [3.05, 3.63) is 34.6 Å². The molecule has 0 bridgehead atoms. The monoisotopic (exact) mass is 230 g/mol. The van der Waals surface area contributed by atoms with Crippen molar-refractivity contribution < 1.29 is 13.9 Å². The van der Waals surface area contributed by atoms with Gasteiger partial charge in [-0.25, -0.2) is 4.39 Å². The molecule has 0 aliphatic carbocycles. The summed E-state index contributed by atoms with van der Waals surface area (Å²) < 4.78 is 17.9. The van der Waals surface area contributed by atoms with Gasteiger partial charge in [0.2, 0.25) is 0 Å². The van der Waals surface area contributed by atoms with Crippen LogP contribution in [0.1, 0.15) is 24.2 Å². The molecule has 0 aliphatic heterocycles. The number of rotatable bonds is 4. The lowest BCUT2D eigenvalue weighted by Crippen LogP contribution is -2.13. The van der Waals surface area contributed by atoms with Crippen LogP contribution in [-0.4, -0.2) is 18.5 Å². The van der Waals surface area contributed by atoms with Gasteiger partial charge >= 0.3 is 0 Å². The summed E-state index contributed by atoms with van der Waals surface area (Å²) in [5.74, 6) is -0.733. The molecule has 0 radical (unpaired) electrons. The Kier molecular flexibility index (Phi) is 4.24. The normalized spacial score (nSPS) is 10.7. The molecule has 0 N–H and O–H groups in total. The summed E-state index contributed by atoms with van der Waals surface area (Å²) in [7, 11) is 0. The zero-order valence-corrected chi connectivity index (χ0v) is 9.34. The summed E-state index contributed by atoms with van der Waals surface area (Å²) >= 11 is 5.55. The van der Waals surface area contributed by atoms with Crippen LogP contribution in [0.15, 0.2) is 18.2 Å². The van der Waals surface area contributed by atoms with Crippen molar-refractivity contribution in [3.8, 4) is 0 Å². The number of benzene rings is 1. The summed E-state index contributed by atoms with van der Waals surface area (Å²) in [6, 6.07) is 3.88. The van der Waals surface area contributed by atoms with E-state index >= 15 is 0 Å². The largest absolute Gasteiger partial charge is 0.371 e. The SMILES string of the molecule is CC(C)OCC(=O)c1ccc(F)c(Cl)c1. The van der Waals surface area contributed by atoms with Gasteiger partial charge in [-0.2, -0.15) is 0 Å². The fourth-order valence-corrected chi connectivity index (χ4v) is 1.18. The van der Waals surface area contributed by atoms with Crippen LogP contribution in [0.4, 0.5) is 4.39 Å². The van der Waals surface area contributed by atoms with Gasteiger partial charge in [0, 0.05) is 5.56 Å². The molecule has 0 unspecified atom stereocenters. The number of Topliss-reactive ketones (excluding diaryl/α,β-unsaturated/α-hetero) is 1. The van der Waals surface area contributed by atoms with Crippen molar-refractivity contribution in [1.29, 1.82) is 0 Å². The smallest absolute Gasteiger partial charge is 0.188 e. The molecule has 15 heavy (non-hydrogen) atoms. The minimum Gasteiger partial charge on any atom is -0.371 e. The van der Waals surface area contributed by atoms with Crippen LogP contribution >= 0.6 is 11.6 Å². The molecule has 1 aromatic carbocycles. The first-order valence-corrected chi connectivity index (χ1v) is 4.98. The van der Waals surface area contributed by atoms with Crippen molar-refractivity contribution in [3.63, 3.8) is 0 Å². The predicted molar refractivity (Wildman–Crippen MR) is 56.8 cm³/mol. The van der Waals surface area contributed by atoms with Crippen LogP contribution in [-0.2, 0) is 4.74 Å². The summed E-state index contributed by atoms with van der Waals surface area (Å²) in [6.45, 7) is 3.66. The molecular weight excluding hydrogens is 219 g/mol. The third-order valence-electron chi connectivity index (χ3n) is 1.79.